The zero-order valence-corrected chi connectivity index (χ0v) is 11.4. The number of rotatable bonds is 3. The molecule has 2 heteroatoms. The summed E-state index contributed by atoms with van der Waals surface area (Å²) in [5.74, 6) is 0.383. The van der Waals surface area contributed by atoms with Crippen LogP contribution in [0, 0.1) is 22.7 Å². The van der Waals surface area contributed by atoms with Crippen LogP contribution in [0.4, 0.5) is 0 Å². The third kappa shape index (κ3) is 2.04. The van der Waals surface area contributed by atoms with Gasteiger partial charge >= 0.3 is 0 Å². The standard InChI is InChI=1S/C16H21NO/c1-12(2)8-15(3,18)16(11-17)9-13-6-4-5-7-14(13)10-16/h4-7,12,18H,8-10H2,1-3H3. The van der Waals surface area contributed by atoms with E-state index in [0.717, 1.165) is 0 Å². The second-order valence-corrected chi connectivity index (χ2v) is 6.19. The van der Waals surface area contributed by atoms with Gasteiger partial charge in [-0.2, -0.15) is 5.26 Å². The van der Waals surface area contributed by atoms with Gasteiger partial charge in [-0.05, 0) is 43.2 Å². The topological polar surface area (TPSA) is 44.0 Å². The van der Waals surface area contributed by atoms with Crippen LogP contribution in [-0.2, 0) is 12.8 Å². The summed E-state index contributed by atoms with van der Waals surface area (Å²) in [5, 5.41) is 20.4. The first-order valence-electron chi connectivity index (χ1n) is 6.61. The minimum atomic E-state index is -0.936. The molecule has 0 bridgehead atoms. The summed E-state index contributed by atoms with van der Waals surface area (Å²) in [4.78, 5) is 0. The number of benzene rings is 1. The van der Waals surface area contributed by atoms with Crippen LogP contribution < -0.4 is 0 Å². The van der Waals surface area contributed by atoms with Crippen molar-refractivity contribution in [2.75, 3.05) is 0 Å². The summed E-state index contributed by atoms with van der Waals surface area (Å²) in [6.07, 6.45) is 1.99. The van der Waals surface area contributed by atoms with E-state index in [2.05, 4.69) is 32.0 Å². The van der Waals surface area contributed by atoms with E-state index < -0.39 is 11.0 Å². The summed E-state index contributed by atoms with van der Waals surface area (Å²) in [6.45, 7) is 5.99. The maximum absolute atomic E-state index is 10.8. The molecular formula is C16H21NO. The number of nitrogens with zero attached hydrogens (tertiary/aromatic N) is 1. The summed E-state index contributed by atoms with van der Waals surface area (Å²) in [6, 6.07) is 10.6. The van der Waals surface area contributed by atoms with Crippen molar-refractivity contribution in [3.8, 4) is 6.07 Å². The monoisotopic (exact) mass is 243 g/mol. The third-order valence-electron chi connectivity index (χ3n) is 4.15. The van der Waals surface area contributed by atoms with E-state index in [1.807, 2.05) is 19.1 Å². The lowest BCUT2D eigenvalue weighted by molar-refractivity contribution is -0.0506. The lowest BCUT2D eigenvalue weighted by Crippen LogP contribution is -2.46. The summed E-state index contributed by atoms with van der Waals surface area (Å²) >= 11 is 0. The Hall–Kier alpha value is -1.33. The SMILES string of the molecule is CC(C)CC(C)(O)C1(C#N)Cc2ccccc2C1. The van der Waals surface area contributed by atoms with Crippen molar-refractivity contribution in [1.29, 1.82) is 5.26 Å². The molecule has 1 aliphatic rings. The second kappa shape index (κ2) is 4.40. The van der Waals surface area contributed by atoms with E-state index in [1.54, 1.807) is 0 Å². The molecule has 2 nitrogen and oxygen atoms in total. The summed E-state index contributed by atoms with van der Waals surface area (Å²) in [7, 11) is 0. The highest BCUT2D eigenvalue weighted by Crippen LogP contribution is 2.46. The molecule has 0 saturated carbocycles. The number of fused-ring (bicyclic) bond motifs is 1. The van der Waals surface area contributed by atoms with Crippen molar-refractivity contribution in [3.05, 3.63) is 35.4 Å². The molecule has 0 heterocycles. The summed E-state index contributed by atoms with van der Waals surface area (Å²) in [5.41, 5.74) is 0.821. The van der Waals surface area contributed by atoms with Crippen LogP contribution >= 0.6 is 0 Å². The van der Waals surface area contributed by atoms with Crippen molar-refractivity contribution in [2.24, 2.45) is 11.3 Å². The Morgan fingerprint density at radius 3 is 2.22 bits per heavy atom. The first-order valence-corrected chi connectivity index (χ1v) is 6.61. The molecule has 1 atom stereocenters. The van der Waals surface area contributed by atoms with Crippen molar-refractivity contribution in [3.63, 3.8) is 0 Å². The van der Waals surface area contributed by atoms with E-state index >= 15 is 0 Å². The van der Waals surface area contributed by atoms with Crippen LogP contribution in [0.25, 0.3) is 0 Å². The molecule has 96 valence electrons. The zero-order valence-electron chi connectivity index (χ0n) is 11.4. The van der Waals surface area contributed by atoms with Crippen LogP contribution in [0.1, 0.15) is 38.3 Å². The Morgan fingerprint density at radius 2 is 1.83 bits per heavy atom. The number of hydrogen-bond acceptors (Lipinski definition) is 2. The van der Waals surface area contributed by atoms with Crippen molar-refractivity contribution in [2.45, 2.75) is 45.6 Å². The van der Waals surface area contributed by atoms with Gasteiger partial charge in [0.05, 0.1) is 17.1 Å². The fourth-order valence-corrected chi connectivity index (χ4v) is 3.19. The Balaban J connectivity index is 2.34. The van der Waals surface area contributed by atoms with Gasteiger partial charge < -0.3 is 5.11 Å². The van der Waals surface area contributed by atoms with Crippen molar-refractivity contribution < 1.29 is 5.11 Å². The quantitative estimate of drug-likeness (QED) is 0.886. The highest BCUT2D eigenvalue weighted by molar-refractivity contribution is 5.39. The highest BCUT2D eigenvalue weighted by atomic mass is 16.3. The van der Waals surface area contributed by atoms with Crippen LogP contribution in [0.3, 0.4) is 0 Å². The van der Waals surface area contributed by atoms with Gasteiger partial charge in [-0.3, -0.25) is 0 Å². The molecule has 1 aromatic carbocycles. The Kier molecular flexibility index (Phi) is 3.21. The molecule has 1 aromatic rings. The first-order chi connectivity index (χ1) is 8.40. The predicted octanol–water partition coefficient (Wildman–Crippen LogP) is 3.09. The number of aliphatic hydroxyl groups is 1. The molecule has 0 amide bonds. The summed E-state index contributed by atoms with van der Waals surface area (Å²) < 4.78 is 0. The Labute approximate surface area is 109 Å². The normalized spacial score (nSPS) is 20.2. The predicted molar refractivity (Wildman–Crippen MR) is 72.0 cm³/mol. The molecular weight excluding hydrogens is 222 g/mol. The fraction of sp³-hybridized carbons (Fsp3) is 0.562. The molecule has 2 rings (SSSR count). The minimum Gasteiger partial charge on any atom is -0.388 e. The van der Waals surface area contributed by atoms with Gasteiger partial charge in [-0.25, -0.2) is 0 Å². The van der Waals surface area contributed by atoms with E-state index in [4.69, 9.17) is 0 Å². The average Bonchev–Trinajstić information content (AvgIpc) is 2.67. The fourth-order valence-electron chi connectivity index (χ4n) is 3.19. The zero-order chi connectivity index (χ0) is 13.4. The average molecular weight is 243 g/mol. The maximum Gasteiger partial charge on any atom is 0.0937 e. The van der Waals surface area contributed by atoms with E-state index in [0.29, 0.717) is 25.2 Å². The molecule has 0 aliphatic heterocycles. The van der Waals surface area contributed by atoms with Crippen LogP contribution in [0.5, 0.6) is 0 Å². The lowest BCUT2D eigenvalue weighted by atomic mass is 9.68. The number of hydrogen-bond donors (Lipinski definition) is 1. The third-order valence-corrected chi connectivity index (χ3v) is 4.15. The van der Waals surface area contributed by atoms with Gasteiger partial charge in [-0.1, -0.05) is 38.1 Å². The maximum atomic E-state index is 10.8. The van der Waals surface area contributed by atoms with Gasteiger partial charge in [0.1, 0.15) is 0 Å². The minimum absolute atomic E-state index is 0.383. The number of nitriles is 1. The van der Waals surface area contributed by atoms with Crippen molar-refractivity contribution >= 4 is 0 Å². The molecule has 1 unspecified atom stereocenters. The van der Waals surface area contributed by atoms with Gasteiger partial charge in [-0.15, -0.1) is 0 Å². The molecule has 0 fully saturated rings. The van der Waals surface area contributed by atoms with Crippen molar-refractivity contribution in [1.82, 2.24) is 0 Å². The molecule has 0 spiro atoms. The second-order valence-electron chi connectivity index (χ2n) is 6.19. The molecule has 1 aliphatic carbocycles. The first kappa shape index (κ1) is 13.1. The smallest absolute Gasteiger partial charge is 0.0937 e. The van der Waals surface area contributed by atoms with Crippen LogP contribution in [0.2, 0.25) is 0 Å². The Bertz CT molecular complexity index is 457. The Morgan fingerprint density at radius 1 is 1.33 bits per heavy atom. The lowest BCUT2D eigenvalue weighted by Gasteiger charge is -2.38. The van der Waals surface area contributed by atoms with Crippen LogP contribution in [0.15, 0.2) is 24.3 Å². The van der Waals surface area contributed by atoms with Gasteiger partial charge in [0, 0.05) is 0 Å². The van der Waals surface area contributed by atoms with Gasteiger partial charge in [0.25, 0.3) is 0 Å². The molecule has 0 aromatic heterocycles. The van der Waals surface area contributed by atoms with E-state index in [9.17, 15) is 10.4 Å². The van der Waals surface area contributed by atoms with Crippen LogP contribution in [-0.4, -0.2) is 10.7 Å². The van der Waals surface area contributed by atoms with Gasteiger partial charge in [0.15, 0.2) is 0 Å². The van der Waals surface area contributed by atoms with E-state index in [1.165, 1.54) is 11.1 Å². The largest absolute Gasteiger partial charge is 0.388 e. The van der Waals surface area contributed by atoms with Gasteiger partial charge in [0.2, 0.25) is 0 Å². The highest BCUT2D eigenvalue weighted by Gasteiger charge is 2.51. The molecule has 18 heavy (non-hydrogen) atoms. The molecule has 0 radical (unpaired) electrons. The molecule has 0 saturated heterocycles. The molecule has 1 N–H and O–H groups in total. The van der Waals surface area contributed by atoms with E-state index in [-0.39, 0.29) is 0 Å².